The molecule has 1 amide bonds. The number of hydrogen-bond acceptors (Lipinski definition) is 3. The van der Waals surface area contributed by atoms with Crippen molar-refractivity contribution in [3.63, 3.8) is 0 Å². The fourth-order valence-corrected chi connectivity index (χ4v) is 4.39. The quantitative estimate of drug-likeness (QED) is 0.667. The number of hydrogen-bond donors (Lipinski definition) is 2. The molecule has 1 fully saturated rings. The summed E-state index contributed by atoms with van der Waals surface area (Å²) in [7, 11) is 0. The first kappa shape index (κ1) is 13.9. The van der Waals surface area contributed by atoms with Crippen molar-refractivity contribution in [3.8, 4) is 0 Å². The van der Waals surface area contributed by atoms with Gasteiger partial charge in [0.15, 0.2) is 0 Å². The number of hydroxylamine groups is 1. The molecule has 1 saturated carbocycles. The van der Waals surface area contributed by atoms with Crippen LogP contribution in [0.1, 0.15) is 60.6 Å². The number of fused-ring (bicyclic) bond motifs is 3. The van der Waals surface area contributed by atoms with E-state index in [2.05, 4.69) is 15.5 Å². The fourth-order valence-electron chi connectivity index (χ4n) is 4.39. The first-order chi connectivity index (χ1) is 10.8. The summed E-state index contributed by atoms with van der Waals surface area (Å²) >= 11 is 0. The number of rotatable bonds is 3. The molecule has 2 N–H and O–H groups in total. The van der Waals surface area contributed by atoms with E-state index in [4.69, 9.17) is 5.21 Å². The number of carbonyl (C=O) groups excluding carboxylic acids is 1. The van der Waals surface area contributed by atoms with Crippen LogP contribution in [0.2, 0.25) is 0 Å². The van der Waals surface area contributed by atoms with Crippen LogP contribution in [0.5, 0.6) is 0 Å². The Morgan fingerprint density at radius 1 is 1.32 bits per heavy atom. The van der Waals surface area contributed by atoms with Crippen LogP contribution in [0, 0.1) is 5.92 Å². The molecular weight excluding hydrogens is 278 g/mol. The van der Waals surface area contributed by atoms with Crippen LogP contribution >= 0.6 is 0 Å². The predicted octanol–water partition coefficient (Wildman–Crippen LogP) is 2.83. The van der Waals surface area contributed by atoms with Crippen LogP contribution in [0.3, 0.4) is 0 Å². The molecule has 118 valence electrons. The zero-order valence-electron chi connectivity index (χ0n) is 12.8. The maximum Gasteiger partial charge on any atom is 0.276 e. The fraction of sp³-hybridized carbons (Fsp3) is 0.588. The molecule has 2 aliphatic heterocycles. The Bertz CT molecular complexity index is 613. The normalized spacial score (nSPS) is 24.1. The maximum absolute atomic E-state index is 11.6. The predicted molar refractivity (Wildman–Crippen MR) is 82.4 cm³/mol. The van der Waals surface area contributed by atoms with Gasteiger partial charge in [0.05, 0.1) is 11.6 Å². The molecule has 0 bridgehead atoms. The second-order valence-electron chi connectivity index (χ2n) is 6.78. The molecule has 3 heterocycles. The van der Waals surface area contributed by atoms with Crippen molar-refractivity contribution in [2.75, 3.05) is 6.54 Å². The molecule has 1 aromatic rings. The van der Waals surface area contributed by atoms with E-state index in [0.717, 1.165) is 25.4 Å². The Kier molecular flexibility index (Phi) is 3.45. The Labute approximate surface area is 130 Å². The van der Waals surface area contributed by atoms with Gasteiger partial charge >= 0.3 is 0 Å². The van der Waals surface area contributed by atoms with Crippen LogP contribution in [0.15, 0.2) is 24.0 Å². The zero-order valence-corrected chi connectivity index (χ0v) is 12.8. The Morgan fingerprint density at radius 3 is 2.91 bits per heavy atom. The van der Waals surface area contributed by atoms with Crippen LogP contribution < -0.4 is 5.48 Å². The van der Waals surface area contributed by atoms with Crippen molar-refractivity contribution in [1.29, 1.82) is 0 Å². The van der Waals surface area contributed by atoms with E-state index in [9.17, 15) is 4.79 Å². The highest BCUT2D eigenvalue weighted by Crippen LogP contribution is 2.42. The van der Waals surface area contributed by atoms with Gasteiger partial charge in [-0.1, -0.05) is 31.8 Å². The summed E-state index contributed by atoms with van der Waals surface area (Å²) < 4.78 is 2.16. The molecule has 1 aromatic heterocycles. The molecule has 0 aromatic carbocycles. The second-order valence-corrected chi connectivity index (χ2v) is 6.78. The minimum absolute atomic E-state index is 0.366. The Morgan fingerprint density at radius 2 is 2.14 bits per heavy atom. The van der Waals surface area contributed by atoms with Crippen LogP contribution in [0.4, 0.5) is 0 Å². The highest BCUT2D eigenvalue weighted by Gasteiger charge is 2.34. The summed E-state index contributed by atoms with van der Waals surface area (Å²) in [5.74, 6) is 0.444. The van der Waals surface area contributed by atoms with Gasteiger partial charge in [-0.2, -0.15) is 0 Å². The van der Waals surface area contributed by atoms with E-state index in [1.54, 1.807) is 5.48 Å². The van der Waals surface area contributed by atoms with Gasteiger partial charge in [0.25, 0.3) is 5.91 Å². The van der Waals surface area contributed by atoms with Crippen molar-refractivity contribution >= 4 is 5.91 Å². The molecular formula is C17H23N3O2. The third-order valence-corrected chi connectivity index (χ3v) is 5.51. The van der Waals surface area contributed by atoms with Crippen molar-refractivity contribution in [3.05, 3.63) is 35.3 Å². The number of carbonyl (C=O) groups is 1. The zero-order chi connectivity index (χ0) is 15.1. The molecule has 3 aliphatic rings. The SMILES string of the molecule is O=C(NO)c1cc2n(c1)CCN1C(CC3CCCC3)=CCC21. The van der Waals surface area contributed by atoms with Gasteiger partial charge in [0, 0.05) is 30.7 Å². The minimum Gasteiger partial charge on any atom is -0.364 e. The van der Waals surface area contributed by atoms with E-state index >= 15 is 0 Å². The number of aromatic nitrogens is 1. The summed E-state index contributed by atoms with van der Waals surface area (Å²) in [4.78, 5) is 14.2. The first-order valence-corrected chi connectivity index (χ1v) is 8.36. The van der Waals surface area contributed by atoms with E-state index in [0.29, 0.717) is 11.6 Å². The minimum atomic E-state index is -0.425. The van der Waals surface area contributed by atoms with Gasteiger partial charge in [-0.3, -0.25) is 10.0 Å². The first-order valence-electron chi connectivity index (χ1n) is 8.36. The molecule has 1 aliphatic carbocycles. The second kappa shape index (κ2) is 5.47. The van der Waals surface area contributed by atoms with Crippen LogP contribution in [-0.2, 0) is 6.54 Å². The molecule has 5 nitrogen and oxygen atoms in total. The summed E-state index contributed by atoms with van der Waals surface area (Å²) in [6.07, 6.45) is 12.1. The van der Waals surface area contributed by atoms with Gasteiger partial charge in [-0.25, -0.2) is 5.48 Å². The Hall–Kier alpha value is -1.75. The summed E-state index contributed by atoms with van der Waals surface area (Å²) in [6, 6.07) is 2.29. The molecule has 1 atom stereocenters. The Balaban J connectivity index is 1.52. The van der Waals surface area contributed by atoms with E-state index in [1.807, 2.05) is 12.3 Å². The molecule has 0 spiro atoms. The lowest BCUT2D eigenvalue weighted by atomic mass is 10.0. The van der Waals surface area contributed by atoms with Crippen LogP contribution in [-0.4, -0.2) is 27.1 Å². The monoisotopic (exact) mass is 301 g/mol. The van der Waals surface area contributed by atoms with E-state index in [1.165, 1.54) is 43.5 Å². The highest BCUT2D eigenvalue weighted by molar-refractivity contribution is 5.93. The maximum atomic E-state index is 11.6. The standard InChI is InChI=1S/C17H23N3O2/c21-17(18-22)13-10-16-15-6-5-14(9-12-3-1-2-4-12)20(15)8-7-19(16)11-13/h5,10-12,15,22H,1-4,6-9H2,(H,18,21). The lowest BCUT2D eigenvalue weighted by Crippen LogP contribution is -2.34. The topological polar surface area (TPSA) is 57.5 Å². The van der Waals surface area contributed by atoms with Crippen molar-refractivity contribution in [1.82, 2.24) is 14.9 Å². The lowest BCUT2D eigenvalue weighted by Gasteiger charge is -2.36. The molecule has 0 saturated heterocycles. The molecule has 4 rings (SSSR count). The largest absolute Gasteiger partial charge is 0.364 e. The number of allylic oxidation sites excluding steroid dienone is 1. The van der Waals surface area contributed by atoms with E-state index < -0.39 is 5.91 Å². The third kappa shape index (κ3) is 2.24. The molecule has 5 heteroatoms. The van der Waals surface area contributed by atoms with Gasteiger partial charge in [0.1, 0.15) is 0 Å². The smallest absolute Gasteiger partial charge is 0.276 e. The van der Waals surface area contributed by atoms with Gasteiger partial charge in [-0.05, 0) is 24.8 Å². The molecule has 1 unspecified atom stereocenters. The third-order valence-electron chi connectivity index (χ3n) is 5.51. The van der Waals surface area contributed by atoms with Crippen molar-refractivity contribution < 1.29 is 10.0 Å². The van der Waals surface area contributed by atoms with Crippen molar-refractivity contribution in [2.45, 2.75) is 51.1 Å². The summed E-state index contributed by atoms with van der Waals surface area (Å²) in [5, 5.41) is 8.81. The van der Waals surface area contributed by atoms with Crippen molar-refractivity contribution in [2.24, 2.45) is 5.92 Å². The average molecular weight is 301 g/mol. The number of nitrogens with zero attached hydrogens (tertiary/aromatic N) is 2. The van der Waals surface area contributed by atoms with Gasteiger partial charge < -0.3 is 9.47 Å². The lowest BCUT2D eigenvalue weighted by molar-refractivity contribution is 0.0706. The molecule has 0 radical (unpaired) electrons. The average Bonchev–Trinajstić information content (AvgIpc) is 3.25. The highest BCUT2D eigenvalue weighted by atomic mass is 16.5. The number of amides is 1. The summed E-state index contributed by atoms with van der Waals surface area (Å²) in [6.45, 7) is 1.93. The summed E-state index contributed by atoms with van der Waals surface area (Å²) in [5.41, 5.74) is 4.98. The van der Waals surface area contributed by atoms with Gasteiger partial charge in [-0.15, -0.1) is 0 Å². The van der Waals surface area contributed by atoms with Gasteiger partial charge in [0.2, 0.25) is 0 Å². The molecule has 22 heavy (non-hydrogen) atoms. The van der Waals surface area contributed by atoms with E-state index in [-0.39, 0.29) is 0 Å². The number of nitrogens with one attached hydrogen (secondary N) is 1. The van der Waals surface area contributed by atoms with Crippen LogP contribution in [0.25, 0.3) is 0 Å².